The van der Waals surface area contributed by atoms with Crippen molar-refractivity contribution in [2.45, 2.75) is 31.4 Å². The molecule has 2 aromatic carbocycles. The Morgan fingerprint density at radius 2 is 1.73 bits per heavy atom. The van der Waals surface area contributed by atoms with E-state index in [0.717, 1.165) is 31.1 Å². The van der Waals surface area contributed by atoms with Crippen molar-refractivity contribution in [1.82, 2.24) is 10.2 Å². The number of ether oxygens (including phenoxy) is 1. The van der Waals surface area contributed by atoms with Gasteiger partial charge in [-0.05, 0) is 54.7 Å². The zero-order chi connectivity index (χ0) is 24.0. The lowest BCUT2D eigenvalue weighted by Crippen LogP contribution is -2.44. The van der Waals surface area contributed by atoms with E-state index in [1.54, 1.807) is 19.2 Å². The smallest absolute Gasteiger partial charge is 0.244 e. The molecule has 180 valence electrons. The van der Waals surface area contributed by atoms with Gasteiger partial charge in [-0.1, -0.05) is 18.2 Å². The fourth-order valence-electron chi connectivity index (χ4n) is 3.83. The summed E-state index contributed by atoms with van der Waals surface area (Å²) in [6, 6.07) is 10.7. The summed E-state index contributed by atoms with van der Waals surface area (Å²) in [5.41, 5.74) is 1.12. The van der Waals surface area contributed by atoms with Gasteiger partial charge in [-0.3, -0.25) is 14.8 Å². The van der Waals surface area contributed by atoms with Gasteiger partial charge in [0.2, 0.25) is 15.9 Å². The summed E-state index contributed by atoms with van der Waals surface area (Å²) in [6.45, 7) is 1.45. The van der Waals surface area contributed by atoms with Crippen molar-refractivity contribution in [3.05, 3.63) is 53.6 Å². The molecule has 0 spiro atoms. The molecule has 0 saturated carbocycles. The highest BCUT2D eigenvalue weighted by atomic mass is 32.2. The van der Waals surface area contributed by atoms with E-state index >= 15 is 0 Å². The molecule has 0 aromatic heterocycles. The minimum Gasteiger partial charge on any atom is -0.506 e. The summed E-state index contributed by atoms with van der Waals surface area (Å²) in [5.74, 6) is 0.371. The van der Waals surface area contributed by atoms with Gasteiger partial charge in [-0.15, -0.1) is 0 Å². The molecule has 1 fully saturated rings. The zero-order valence-electron chi connectivity index (χ0n) is 18.8. The number of hydrogen-bond donors (Lipinski definition) is 4. The number of nitrogens with zero attached hydrogens (tertiary/aromatic N) is 1. The topological polar surface area (TPSA) is 128 Å². The van der Waals surface area contributed by atoms with Gasteiger partial charge in [0.15, 0.2) is 0 Å². The van der Waals surface area contributed by atoms with Crippen molar-refractivity contribution in [3.63, 3.8) is 0 Å². The van der Waals surface area contributed by atoms with Crippen LogP contribution in [0.2, 0.25) is 0 Å². The van der Waals surface area contributed by atoms with Gasteiger partial charge in [-0.2, -0.15) is 0 Å². The van der Waals surface area contributed by atoms with Gasteiger partial charge in [0, 0.05) is 19.6 Å². The molecule has 2 aromatic rings. The van der Waals surface area contributed by atoms with Crippen molar-refractivity contribution < 1.29 is 28.2 Å². The number of rotatable bonds is 9. The molecule has 1 amide bonds. The van der Waals surface area contributed by atoms with Crippen LogP contribution in [0.4, 0.5) is 5.69 Å². The van der Waals surface area contributed by atoms with Crippen molar-refractivity contribution in [1.29, 1.82) is 0 Å². The lowest BCUT2D eigenvalue weighted by molar-refractivity contribution is -0.134. The number of benzene rings is 2. The second kappa shape index (κ2) is 10.9. The number of carbonyl (C=O) groups excluding carboxylic acids is 1. The number of piperidine rings is 1. The fourth-order valence-corrected chi connectivity index (χ4v) is 4.39. The molecule has 1 saturated heterocycles. The number of nitrogens with one attached hydrogen (secondary N) is 2. The maximum Gasteiger partial charge on any atom is 0.244 e. The number of amides is 1. The summed E-state index contributed by atoms with van der Waals surface area (Å²) in [6.07, 6.45) is 2.97. The molecule has 0 radical (unpaired) electrons. The Labute approximate surface area is 194 Å². The third-order valence-corrected chi connectivity index (χ3v) is 6.17. The van der Waals surface area contributed by atoms with E-state index in [0.29, 0.717) is 24.4 Å². The number of aromatic hydroxyl groups is 1. The molecule has 1 aliphatic heterocycles. The maximum atomic E-state index is 13.3. The average molecular weight is 478 g/mol. The first kappa shape index (κ1) is 24.8. The molecule has 2 unspecified atom stereocenters. The number of aliphatic hydroxyl groups excluding tert-OH is 1. The lowest BCUT2D eigenvalue weighted by atomic mass is 10.0. The number of sulfonamides is 1. The van der Waals surface area contributed by atoms with Crippen LogP contribution in [-0.2, 0) is 14.8 Å². The normalized spacial score (nSPS) is 16.2. The van der Waals surface area contributed by atoms with E-state index in [9.17, 15) is 23.4 Å². The number of phenolic OH excluding ortho intramolecular Hbond substituents is 1. The van der Waals surface area contributed by atoms with Crippen LogP contribution in [0.5, 0.6) is 11.5 Å². The molecule has 9 nitrogen and oxygen atoms in total. The van der Waals surface area contributed by atoms with Crippen molar-refractivity contribution >= 4 is 21.6 Å². The zero-order valence-corrected chi connectivity index (χ0v) is 19.6. The second-order valence-electron chi connectivity index (χ2n) is 8.17. The van der Waals surface area contributed by atoms with Gasteiger partial charge in [0.25, 0.3) is 0 Å². The first-order valence-electron chi connectivity index (χ1n) is 10.8. The SMILES string of the molecule is COc1ccc(C(NCC(O)c2ccc(O)c(NS(C)(=O)=O)c2)C(=O)N2CCCCC2)cc1. The highest BCUT2D eigenvalue weighted by molar-refractivity contribution is 7.92. The molecular formula is C23H31N3O6S. The number of likely N-dealkylation sites (tertiary alicyclic amines) is 1. The van der Waals surface area contributed by atoms with E-state index in [2.05, 4.69) is 10.0 Å². The summed E-state index contributed by atoms with van der Waals surface area (Å²) < 4.78 is 30.5. The van der Waals surface area contributed by atoms with Crippen LogP contribution in [-0.4, -0.2) is 62.4 Å². The lowest BCUT2D eigenvalue weighted by Gasteiger charge is -2.31. The van der Waals surface area contributed by atoms with Crippen molar-refractivity contribution in [2.24, 2.45) is 0 Å². The van der Waals surface area contributed by atoms with Crippen molar-refractivity contribution in [3.8, 4) is 11.5 Å². The molecule has 0 bridgehead atoms. The molecule has 0 aliphatic carbocycles. The molecule has 33 heavy (non-hydrogen) atoms. The molecule has 4 N–H and O–H groups in total. The van der Waals surface area contributed by atoms with Crippen LogP contribution in [0.3, 0.4) is 0 Å². The van der Waals surface area contributed by atoms with E-state index in [1.807, 2.05) is 17.0 Å². The quantitative estimate of drug-likeness (QED) is 0.408. The molecule has 1 heterocycles. The number of aliphatic hydroxyl groups is 1. The first-order valence-corrected chi connectivity index (χ1v) is 12.7. The van der Waals surface area contributed by atoms with Crippen LogP contribution in [0, 0.1) is 0 Å². The van der Waals surface area contributed by atoms with E-state index < -0.39 is 22.2 Å². The summed E-state index contributed by atoms with van der Waals surface area (Å²) in [4.78, 5) is 15.1. The number of anilines is 1. The summed E-state index contributed by atoms with van der Waals surface area (Å²) in [5, 5.41) is 23.8. The predicted octanol–water partition coefficient (Wildman–Crippen LogP) is 2.15. The standard InChI is InChI=1S/C23H31N3O6S/c1-32-18-9-6-16(7-10-18)22(23(29)26-12-4-3-5-13-26)24-15-21(28)17-8-11-20(27)19(14-17)25-33(2,30)31/h6-11,14,21-22,24-25,27-28H,3-5,12-13,15H2,1-2H3. The van der Waals surface area contributed by atoms with Crippen LogP contribution in [0.1, 0.15) is 42.5 Å². The highest BCUT2D eigenvalue weighted by Crippen LogP contribution is 2.28. The van der Waals surface area contributed by atoms with E-state index in [1.165, 1.54) is 18.2 Å². The van der Waals surface area contributed by atoms with Crippen LogP contribution in [0.15, 0.2) is 42.5 Å². The molecule has 2 atom stereocenters. The minimum absolute atomic E-state index is 0.0230. The fraction of sp³-hybridized carbons (Fsp3) is 0.435. The second-order valence-corrected chi connectivity index (χ2v) is 9.92. The molecule has 10 heteroatoms. The van der Waals surface area contributed by atoms with Gasteiger partial charge in [0.1, 0.15) is 17.5 Å². The van der Waals surface area contributed by atoms with Crippen LogP contribution >= 0.6 is 0 Å². The number of hydrogen-bond acceptors (Lipinski definition) is 7. The first-order chi connectivity index (χ1) is 15.7. The maximum absolute atomic E-state index is 13.3. The predicted molar refractivity (Wildman–Crippen MR) is 126 cm³/mol. The Morgan fingerprint density at radius 1 is 1.09 bits per heavy atom. The number of phenols is 1. The summed E-state index contributed by atoms with van der Waals surface area (Å²) in [7, 11) is -2.03. The number of methoxy groups -OCH3 is 1. The molecular weight excluding hydrogens is 446 g/mol. The molecule has 1 aliphatic rings. The van der Waals surface area contributed by atoms with Gasteiger partial charge < -0.3 is 19.8 Å². The largest absolute Gasteiger partial charge is 0.506 e. The van der Waals surface area contributed by atoms with Gasteiger partial charge in [-0.25, -0.2) is 8.42 Å². The van der Waals surface area contributed by atoms with Crippen LogP contribution in [0.25, 0.3) is 0 Å². The van der Waals surface area contributed by atoms with Gasteiger partial charge >= 0.3 is 0 Å². The van der Waals surface area contributed by atoms with Crippen LogP contribution < -0.4 is 14.8 Å². The van der Waals surface area contributed by atoms with Crippen molar-refractivity contribution in [2.75, 3.05) is 37.7 Å². The average Bonchev–Trinajstić information content (AvgIpc) is 2.80. The highest BCUT2D eigenvalue weighted by Gasteiger charge is 2.27. The van der Waals surface area contributed by atoms with E-state index in [4.69, 9.17) is 4.74 Å². The Balaban J connectivity index is 1.78. The molecule has 3 rings (SSSR count). The Hall–Kier alpha value is -2.82. The summed E-state index contributed by atoms with van der Waals surface area (Å²) >= 11 is 0. The number of carbonyl (C=O) groups is 1. The third-order valence-electron chi connectivity index (χ3n) is 5.58. The Bertz CT molecular complexity index is 1050. The minimum atomic E-state index is -3.60. The monoisotopic (exact) mass is 477 g/mol. The third kappa shape index (κ3) is 6.83. The Morgan fingerprint density at radius 3 is 2.33 bits per heavy atom. The van der Waals surface area contributed by atoms with Gasteiger partial charge in [0.05, 0.1) is 25.2 Å². The van der Waals surface area contributed by atoms with E-state index in [-0.39, 0.29) is 23.9 Å². The Kier molecular flexibility index (Phi) is 8.17.